The number of hydrogen-bond acceptors (Lipinski definition) is 1. The normalized spacial score (nSPS) is 18.4. The van der Waals surface area contributed by atoms with Crippen LogP contribution in [0.4, 0.5) is 4.70 Å². The SMILES string of the molecule is CCCCCCCN1CCC(CC)CC1.F. The molecule has 0 bridgehead atoms. The van der Waals surface area contributed by atoms with Crippen LogP contribution in [0.25, 0.3) is 0 Å². The highest BCUT2D eigenvalue weighted by atomic mass is 19.0. The van der Waals surface area contributed by atoms with Gasteiger partial charge in [-0.25, -0.2) is 0 Å². The van der Waals surface area contributed by atoms with Gasteiger partial charge in [0.1, 0.15) is 0 Å². The average molecular weight is 231 g/mol. The van der Waals surface area contributed by atoms with Crippen LogP contribution in [0.1, 0.15) is 65.2 Å². The van der Waals surface area contributed by atoms with Crippen molar-refractivity contribution in [3.8, 4) is 0 Å². The highest BCUT2D eigenvalue weighted by molar-refractivity contribution is 4.71. The van der Waals surface area contributed by atoms with E-state index in [0.29, 0.717) is 0 Å². The van der Waals surface area contributed by atoms with Crippen molar-refractivity contribution in [1.82, 2.24) is 4.90 Å². The number of likely N-dealkylation sites (tertiary alicyclic amines) is 1. The Morgan fingerprint density at radius 2 is 1.56 bits per heavy atom. The highest BCUT2D eigenvalue weighted by Crippen LogP contribution is 2.20. The van der Waals surface area contributed by atoms with Gasteiger partial charge in [-0.15, -0.1) is 0 Å². The quantitative estimate of drug-likeness (QED) is 0.593. The van der Waals surface area contributed by atoms with Crippen LogP contribution in [-0.2, 0) is 0 Å². The molecule has 16 heavy (non-hydrogen) atoms. The molecule has 1 nitrogen and oxygen atoms in total. The molecule has 1 rings (SSSR count). The van der Waals surface area contributed by atoms with Crippen molar-refractivity contribution in [1.29, 1.82) is 0 Å². The van der Waals surface area contributed by atoms with E-state index in [-0.39, 0.29) is 4.70 Å². The van der Waals surface area contributed by atoms with Crippen molar-refractivity contribution in [2.24, 2.45) is 5.92 Å². The van der Waals surface area contributed by atoms with E-state index in [2.05, 4.69) is 18.7 Å². The minimum atomic E-state index is 0. The fraction of sp³-hybridized carbons (Fsp3) is 1.00. The van der Waals surface area contributed by atoms with Gasteiger partial charge in [-0.2, -0.15) is 0 Å². The summed E-state index contributed by atoms with van der Waals surface area (Å²) in [5, 5.41) is 0. The fourth-order valence-corrected chi connectivity index (χ4v) is 2.56. The molecule has 0 aromatic heterocycles. The minimum Gasteiger partial charge on any atom is -0.303 e. The first-order valence-electron chi connectivity index (χ1n) is 7.09. The molecule has 0 unspecified atom stereocenters. The molecule has 1 aliphatic heterocycles. The van der Waals surface area contributed by atoms with Crippen LogP contribution < -0.4 is 0 Å². The van der Waals surface area contributed by atoms with Gasteiger partial charge in [-0.05, 0) is 44.8 Å². The number of hydrogen-bond donors (Lipinski definition) is 0. The third-order valence-corrected chi connectivity index (χ3v) is 3.86. The average Bonchev–Trinajstić information content (AvgIpc) is 2.30. The van der Waals surface area contributed by atoms with Crippen molar-refractivity contribution < 1.29 is 4.70 Å². The molecule has 0 amide bonds. The Morgan fingerprint density at radius 1 is 0.938 bits per heavy atom. The highest BCUT2D eigenvalue weighted by Gasteiger charge is 2.16. The lowest BCUT2D eigenvalue weighted by Gasteiger charge is -2.31. The Kier molecular flexibility index (Phi) is 10.0. The van der Waals surface area contributed by atoms with Gasteiger partial charge in [-0.3, -0.25) is 4.70 Å². The number of nitrogens with zero attached hydrogens (tertiary/aromatic N) is 1. The fourth-order valence-electron chi connectivity index (χ4n) is 2.56. The first-order chi connectivity index (χ1) is 7.36. The third-order valence-electron chi connectivity index (χ3n) is 3.86. The van der Waals surface area contributed by atoms with Gasteiger partial charge in [0.2, 0.25) is 0 Å². The van der Waals surface area contributed by atoms with Crippen LogP contribution in [0.5, 0.6) is 0 Å². The van der Waals surface area contributed by atoms with Crippen LogP contribution in [0.15, 0.2) is 0 Å². The molecule has 1 heterocycles. The lowest BCUT2D eigenvalue weighted by molar-refractivity contribution is 0.179. The molecule has 0 aromatic rings. The topological polar surface area (TPSA) is 3.24 Å². The van der Waals surface area contributed by atoms with Crippen LogP contribution >= 0.6 is 0 Å². The van der Waals surface area contributed by atoms with E-state index in [4.69, 9.17) is 0 Å². The van der Waals surface area contributed by atoms with Gasteiger partial charge in [0.15, 0.2) is 0 Å². The molecule has 2 heteroatoms. The smallest absolute Gasteiger partial charge is 0.00161 e. The molecule has 0 N–H and O–H groups in total. The second-order valence-electron chi connectivity index (χ2n) is 5.11. The molecule has 1 fully saturated rings. The second-order valence-corrected chi connectivity index (χ2v) is 5.11. The van der Waals surface area contributed by atoms with Gasteiger partial charge in [0, 0.05) is 0 Å². The summed E-state index contributed by atoms with van der Waals surface area (Å²) in [6.07, 6.45) is 11.4. The van der Waals surface area contributed by atoms with Gasteiger partial charge >= 0.3 is 0 Å². The maximum atomic E-state index is 2.68. The predicted octanol–water partition coefficient (Wildman–Crippen LogP) is 4.23. The van der Waals surface area contributed by atoms with Crippen molar-refractivity contribution in [2.75, 3.05) is 19.6 Å². The predicted molar refractivity (Wildman–Crippen MR) is 70.7 cm³/mol. The molecule has 0 aromatic carbocycles. The zero-order chi connectivity index (χ0) is 10.9. The van der Waals surface area contributed by atoms with E-state index in [1.807, 2.05) is 0 Å². The van der Waals surface area contributed by atoms with Gasteiger partial charge < -0.3 is 4.90 Å². The molecular weight excluding hydrogens is 201 g/mol. The van der Waals surface area contributed by atoms with Crippen molar-refractivity contribution >= 4 is 0 Å². The van der Waals surface area contributed by atoms with Crippen molar-refractivity contribution in [2.45, 2.75) is 65.2 Å². The van der Waals surface area contributed by atoms with Crippen molar-refractivity contribution in [3.63, 3.8) is 0 Å². The number of unbranched alkanes of at least 4 members (excludes halogenated alkanes) is 4. The lowest BCUT2D eigenvalue weighted by atomic mass is 9.94. The van der Waals surface area contributed by atoms with E-state index in [1.165, 1.54) is 71.0 Å². The maximum Gasteiger partial charge on any atom is -0.00161 e. The summed E-state index contributed by atoms with van der Waals surface area (Å²) in [6.45, 7) is 8.72. The zero-order valence-electron chi connectivity index (χ0n) is 11.2. The molecule has 0 aliphatic carbocycles. The Balaban J connectivity index is 0.00000225. The monoisotopic (exact) mass is 231 g/mol. The van der Waals surface area contributed by atoms with Gasteiger partial charge in [0.05, 0.1) is 0 Å². The number of piperidine rings is 1. The summed E-state index contributed by atoms with van der Waals surface area (Å²) in [6, 6.07) is 0. The Bertz CT molecular complexity index is 142. The molecule has 0 radical (unpaired) electrons. The summed E-state index contributed by atoms with van der Waals surface area (Å²) < 4.78 is 0. The van der Waals surface area contributed by atoms with Crippen LogP contribution in [0.2, 0.25) is 0 Å². The number of halogens is 1. The first kappa shape index (κ1) is 15.9. The molecule has 1 saturated heterocycles. The second kappa shape index (κ2) is 10.1. The van der Waals surface area contributed by atoms with Gasteiger partial charge in [0.25, 0.3) is 0 Å². The molecule has 1 aliphatic rings. The molecule has 0 saturated carbocycles. The summed E-state index contributed by atoms with van der Waals surface area (Å²) in [5.74, 6) is 1.03. The molecule has 98 valence electrons. The number of rotatable bonds is 7. The molecular formula is C14H30FN. The first-order valence-corrected chi connectivity index (χ1v) is 7.09. The van der Waals surface area contributed by atoms with E-state index >= 15 is 0 Å². The zero-order valence-corrected chi connectivity index (χ0v) is 11.2. The van der Waals surface area contributed by atoms with Crippen LogP contribution in [-0.4, -0.2) is 24.5 Å². The standard InChI is InChI=1S/C14H29N.FH/c1-3-5-6-7-8-11-15-12-9-14(4-2)10-13-15;/h14H,3-13H2,1-2H3;1H. The summed E-state index contributed by atoms with van der Waals surface area (Å²) >= 11 is 0. The minimum absolute atomic E-state index is 0. The van der Waals surface area contributed by atoms with Gasteiger partial charge in [-0.1, -0.05) is 46.0 Å². The van der Waals surface area contributed by atoms with Crippen LogP contribution in [0, 0.1) is 5.92 Å². The van der Waals surface area contributed by atoms with Crippen molar-refractivity contribution in [3.05, 3.63) is 0 Å². The summed E-state index contributed by atoms with van der Waals surface area (Å²) in [7, 11) is 0. The summed E-state index contributed by atoms with van der Waals surface area (Å²) in [5.41, 5.74) is 0. The summed E-state index contributed by atoms with van der Waals surface area (Å²) in [4.78, 5) is 2.68. The van der Waals surface area contributed by atoms with E-state index in [1.54, 1.807) is 0 Å². The Hall–Kier alpha value is -0.110. The third kappa shape index (κ3) is 6.47. The van der Waals surface area contributed by atoms with E-state index < -0.39 is 0 Å². The maximum absolute atomic E-state index is 2.68. The lowest BCUT2D eigenvalue weighted by Crippen LogP contribution is -2.34. The van der Waals surface area contributed by atoms with Crippen LogP contribution in [0.3, 0.4) is 0 Å². The Morgan fingerprint density at radius 3 is 2.12 bits per heavy atom. The molecule has 0 spiro atoms. The van der Waals surface area contributed by atoms with E-state index in [9.17, 15) is 0 Å². The van der Waals surface area contributed by atoms with E-state index in [0.717, 1.165) is 5.92 Å². The Labute approximate surface area is 101 Å². The molecule has 0 atom stereocenters. The largest absolute Gasteiger partial charge is 0.303 e.